The summed E-state index contributed by atoms with van der Waals surface area (Å²) in [5, 5.41) is 0. The van der Waals surface area contributed by atoms with Crippen molar-refractivity contribution in [2.75, 3.05) is 32.7 Å². The third-order valence-electron chi connectivity index (χ3n) is 5.21. The zero-order valence-corrected chi connectivity index (χ0v) is 16.2. The number of rotatable bonds is 6. The van der Waals surface area contributed by atoms with Crippen LogP contribution in [0.3, 0.4) is 0 Å². The molecule has 1 aromatic heterocycles. The maximum atomic E-state index is 12.5. The van der Waals surface area contributed by atoms with Gasteiger partial charge < -0.3 is 9.88 Å². The van der Waals surface area contributed by atoms with Gasteiger partial charge in [0.15, 0.2) is 0 Å². The molecule has 2 heterocycles. The van der Waals surface area contributed by atoms with Crippen LogP contribution in [0, 0.1) is 13.8 Å². The number of H-pyrrole nitrogens is 1. The zero-order chi connectivity index (χ0) is 19.2. The van der Waals surface area contributed by atoms with E-state index in [4.69, 9.17) is 0 Å². The zero-order valence-electron chi connectivity index (χ0n) is 16.2. The van der Waals surface area contributed by atoms with Crippen molar-refractivity contribution in [1.82, 2.24) is 19.8 Å². The molecular weight excluding hydrogens is 340 g/mol. The predicted molar refractivity (Wildman–Crippen MR) is 106 cm³/mol. The van der Waals surface area contributed by atoms with Crippen LogP contribution in [-0.2, 0) is 17.6 Å². The first-order valence-corrected chi connectivity index (χ1v) is 9.63. The van der Waals surface area contributed by atoms with Crippen LogP contribution in [0.25, 0.3) is 0 Å². The molecule has 1 N–H and O–H groups in total. The fourth-order valence-corrected chi connectivity index (χ4v) is 3.59. The molecule has 0 unspecified atom stereocenters. The van der Waals surface area contributed by atoms with Gasteiger partial charge in [-0.15, -0.1) is 0 Å². The van der Waals surface area contributed by atoms with Crippen LogP contribution >= 0.6 is 0 Å². The quantitative estimate of drug-likeness (QED) is 0.843. The highest BCUT2D eigenvalue weighted by Crippen LogP contribution is 2.09. The molecule has 0 saturated carbocycles. The minimum absolute atomic E-state index is 0.122. The van der Waals surface area contributed by atoms with Crippen molar-refractivity contribution in [2.24, 2.45) is 0 Å². The Bertz CT molecular complexity index is 824. The molecule has 6 heteroatoms. The first-order valence-electron chi connectivity index (χ1n) is 9.63. The van der Waals surface area contributed by atoms with Gasteiger partial charge in [-0.2, -0.15) is 0 Å². The lowest BCUT2D eigenvalue weighted by molar-refractivity contribution is -0.132. The minimum Gasteiger partial charge on any atom is -0.340 e. The average Bonchev–Trinajstić information content (AvgIpc) is 2.66. The number of aromatic amines is 1. The number of aryl methyl sites for hydroxylation is 2. The van der Waals surface area contributed by atoms with Gasteiger partial charge in [0.05, 0.1) is 0 Å². The Kier molecular flexibility index (Phi) is 6.40. The van der Waals surface area contributed by atoms with Crippen molar-refractivity contribution in [3.05, 3.63) is 63.3 Å². The molecule has 1 fully saturated rings. The largest absolute Gasteiger partial charge is 0.340 e. The van der Waals surface area contributed by atoms with Gasteiger partial charge in [-0.1, -0.05) is 30.3 Å². The fraction of sp³-hybridized carbons (Fsp3) is 0.476. The smallest absolute Gasteiger partial charge is 0.254 e. The number of hydrogen-bond donors (Lipinski definition) is 1. The summed E-state index contributed by atoms with van der Waals surface area (Å²) >= 11 is 0. The van der Waals surface area contributed by atoms with Crippen LogP contribution in [0.2, 0.25) is 0 Å². The molecule has 0 aliphatic carbocycles. The third-order valence-corrected chi connectivity index (χ3v) is 5.21. The van der Waals surface area contributed by atoms with Gasteiger partial charge in [0.2, 0.25) is 5.91 Å². The Morgan fingerprint density at radius 2 is 1.78 bits per heavy atom. The fourth-order valence-electron chi connectivity index (χ4n) is 3.59. The van der Waals surface area contributed by atoms with Gasteiger partial charge in [0.25, 0.3) is 5.56 Å². The molecule has 0 radical (unpaired) electrons. The van der Waals surface area contributed by atoms with Crippen LogP contribution in [-0.4, -0.2) is 58.4 Å². The average molecular weight is 368 g/mol. The highest BCUT2D eigenvalue weighted by molar-refractivity contribution is 5.76. The second kappa shape index (κ2) is 8.95. The summed E-state index contributed by atoms with van der Waals surface area (Å²) in [7, 11) is 0. The highest BCUT2D eigenvalue weighted by atomic mass is 16.2. The van der Waals surface area contributed by atoms with E-state index in [1.54, 1.807) is 6.92 Å². The molecule has 3 rings (SSSR count). The molecule has 1 aliphatic heterocycles. The van der Waals surface area contributed by atoms with Crippen molar-refractivity contribution in [2.45, 2.75) is 33.1 Å². The molecule has 144 valence electrons. The number of nitrogens with one attached hydrogen (secondary N) is 1. The second-order valence-electron chi connectivity index (χ2n) is 7.17. The number of nitrogens with zero attached hydrogens (tertiary/aromatic N) is 3. The van der Waals surface area contributed by atoms with E-state index in [2.05, 4.69) is 39.1 Å². The van der Waals surface area contributed by atoms with E-state index in [1.165, 1.54) is 5.56 Å². The summed E-state index contributed by atoms with van der Waals surface area (Å²) in [6, 6.07) is 10.5. The summed E-state index contributed by atoms with van der Waals surface area (Å²) in [4.78, 5) is 35.9. The SMILES string of the molecule is Cc1nc(C)c(CCC(=O)N2CCN(CCc3ccccc3)CC2)c(=O)[nH]1. The first kappa shape index (κ1) is 19.3. The lowest BCUT2D eigenvalue weighted by Gasteiger charge is -2.34. The monoisotopic (exact) mass is 368 g/mol. The molecule has 1 aliphatic rings. The summed E-state index contributed by atoms with van der Waals surface area (Å²) < 4.78 is 0. The standard InChI is InChI=1S/C21H28N4O2/c1-16-19(21(27)23-17(2)22-16)8-9-20(26)25-14-12-24(13-15-25)11-10-18-6-4-3-5-7-18/h3-7H,8-15H2,1-2H3,(H,22,23,27). The van der Waals surface area contributed by atoms with E-state index in [9.17, 15) is 9.59 Å². The highest BCUT2D eigenvalue weighted by Gasteiger charge is 2.21. The van der Waals surface area contributed by atoms with Crippen molar-refractivity contribution in [3.63, 3.8) is 0 Å². The Morgan fingerprint density at radius 1 is 1.07 bits per heavy atom. The Hall–Kier alpha value is -2.47. The molecule has 1 amide bonds. The molecule has 0 bridgehead atoms. The summed E-state index contributed by atoms with van der Waals surface area (Å²) in [5.41, 5.74) is 2.56. The number of aromatic nitrogens is 2. The summed E-state index contributed by atoms with van der Waals surface area (Å²) in [6.45, 7) is 7.95. The molecule has 0 atom stereocenters. The van der Waals surface area contributed by atoms with Crippen molar-refractivity contribution >= 4 is 5.91 Å². The van der Waals surface area contributed by atoms with Gasteiger partial charge in [-0.05, 0) is 32.3 Å². The summed E-state index contributed by atoms with van der Waals surface area (Å²) in [5.74, 6) is 0.733. The third kappa shape index (κ3) is 5.26. The van der Waals surface area contributed by atoms with Gasteiger partial charge in [0.1, 0.15) is 5.82 Å². The van der Waals surface area contributed by atoms with Crippen LogP contribution in [0.15, 0.2) is 35.1 Å². The van der Waals surface area contributed by atoms with Crippen LogP contribution in [0.5, 0.6) is 0 Å². The van der Waals surface area contributed by atoms with Crippen molar-refractivity contribution in [3.8, 4) is 0 Å². The lowest BCUT2D eigenvalue weighted by Crippen LogP contribution is -2.49. The van der Waals surface area contributed by atoms with Crippen molar-refractivity contribution in [1.29, 1.82) is 0 Å². The van der Waals surface area contributed by atoms with E-state index in [0.717, 1.165) is 44.8 Å². The van der Waals surface area contributed by atoms with Crippen LogP contribution in [0.1, 0.15) is 29.1 Å². The Balaban J connectivity index is 1.44. The minimum atomic E-state index is -0.126. The van der Waals surface area contributed by atoms with Crippen LogP contribution in [0.4, 0.5) is 0 Å². The van der Waals surface area contributed by atoms with Crippen LogP contribution < -0.4 is 5.56 Å². The van der Waals surface area contributed by atoms with E-state index in [0.29, 0.717) is 24.2 Å². The van der Waals surface area contributed by atoms with E-state index >= 15 is 0 Å². The normalized spacial score (nSPS) is 15.1. The number of benzene rings is 1. The molecule has 0 spiro atoms. The van der Waals surface area contributed by atoms with Gasteiger partial charge in [0, 0.05) is 50.4 Å². The Morgan fingerprint density at radius 3 is 2.44 bits per heavy atom. The number of hydrogen-bond acceptors (Lipinski definition) is 4. The van der Waals surface area contributed by atoms with Gasteiger partial charge in [-0.3, -0.25) is 14.5 Å². The van der Waals surface area contributed by atoms with Gasteiger partial charge in [-0.25, -0.2) is 4.98 Å². The molecule has 1 saturated heterocycles. The molecule has 1 aromatic carbocycles. The molecule has 2 aromatic rings. The molecule has 6 nitrogen and oxygen atoms in total. The molecule has 27 heavy (non-hydrogen) atoms. The number of carbonyl (C=O) groups excluding carboxylic acids is 1. The predicted octanol–water partition coefficient (Wildman–Crippen LogP) is 1.71. The maximum absolute atomic E-state index is 12.5. The van der Waals surface area contributed by atoms with E-state index in [1.807, 2.05) is 17.9 Å². The number of carbonyl (C=O) groups is 1. The lowest BCUT2D eigenvalue weighted by atomic mass is 10.1. The summed E-state index contributed by atoms with van der Waals surface area (Å²) in [6.07, 6.45) is 1.84. The topological polar surface area (TPSA) is 69.3 Å². The van der Waals surface area contributed by atoms with Gasteiger partial charge >= 0.3 is 0 Å². The van der Waals surface area contributed by atoms with Crippen molar-refractivity contribution < 1.29 is 4.79 Å². The van der Waals surface area contributed by atoms with E-state index < -0.39 is 0 Å². The Labute approximate surface area is 160 Å². The first-order chi connectivity index (χ1) is 13.0. The second-order valence-corrected chi connectivity index (χ2v) is 7.17. The maximum Gasteiger partial charge on any atom is 0.254 e. The number of amides is 1. The molecular formula is C21H28N4O2. The number of piperazine rings is 1. The van der Waals surface area contributed by atoms with E-state index in [-0.39, 0.29) is 11.5 Å².